The van der Waals surface area contributed by atoms with Crippen LogP contribution in [-0.4, -0.2) is 24.2 Å². The van der Waals surface area contributed by atoms with Crippen LogP contribution in [0.4, 0.5) is 4.39 Å². The van der Waals surface area contributed by atoms with E-state index in [1.807, 2.05) is 0 Å². The maximum atomic E-state index is 13.0. The van der Waals surface area contributed by atoms with E-state index in [4.69, 9.17) is 5.11 Å². The summed E-state index contributed by atoms with van der Waals surface area (Å²) in [4.78, 5) is 21.4. The molecule has 5 heteroatoms. The van der Waals surface area contributed by atoms with Gasteiger partial charge in [0.05, 0.1) is 12.7 Å². The van der Waals surface area contributed by atoms with Gasteiger partial charge in [0.25, 0.3) is 0 Å². The van der Waals surface area contributed by atoms with Crippen LogP contribution in [0.5, 0.6) is 0 Å². The summed E-state index contributed by atoms with van der Waals surface area (Å²) < 4.78 is 17.3. The molecule has 0 unspecified atom stereocenters. The van der Waals surface area contributed by atoms with Crippen LogP contribution in [0.1, 0.15) is 15.9 Å². The third-order valence-electron chi connectivity index (χ3n) is 1.83. The van der Waals surface area contributed by atoms with Crippen molar-refractivity contribution in [1.82, 2.24) is 0 Å². The molecule has 0 fully saturated rings. The van der Waals surface area contributed by atoms with E-state index in [1.54, 1.807) is 0 Å². The highest BCUT2D eigenvalue weighted by atomic mass is 19.1. The zero-order valence-electron chi connectivity index (χ0n) is 8.44. The van der Waals surface area contributed by atoms with Crippen molar-refractivity contribution in [2.45, 2.75) is 0 Å². The number of carboxylic acids is 1. The van der Waals surface area contributed by atoms with Crippen LogP contribution in [0.2, 0.25) is 0 Å². The Balaban J connectivity index is 2.99. The molecular weight excluding hydrogens is 215 g/mol. The summed E-state index contributed by atoms with van der Waals surface area (Å²) in [5.74, 6) is -2.74. The van der Waals surface area contributed by atoms with E-state index >= 15 is 0 Å². The number of ether oxygens (including phenoxy) is 1. The van der Waals surface area contributed by atoms with Crippen LogP contribution in [0.15, 0.2) is 24.3 Å². The fraction of sp³-hybridized carbons (Fsp3) is 0.0909. The molecule has 0 spiro atoms. The number of methoxy groups -OCH3 is 1. The van der Waals surface area contributed by atoms with Gasteiger partial charge in [-0.25, -0.2) is 14.0 Å². The zero-order chi connectivity index (χ0) is 12.1. The molecule has 84 valence electrons. The Kier molecular flexibility index (Phi) is 3.77. The van der Waals surface area contributed by atoms with E-state index in [-0.39, 0.29) is 0 Å². The highest BCUT2D eigenvalue weighted by molar-refractivity contribution is 5.90. The van der Waals surface area contributed by atoms with Gasteiger partial charge in [-0.3, -0.25) is 0 Å². The van der Waals surface area contributed by atoms with Gasteiger partial charge in [0.15, 0.2) is 0 Å². The van der Waals surface area contributed by atoms with E-state index in [1.165, 1.54) is 19.3 Å². The zero-order valence-corrected chi connectivity index (χ0v) is 8.44. The molecule has 16 heavy (non-hydrogen) atoms. The predicted octanol–water partition coefficient (Wildman–Crippen LogP) is 1.71. The minimum Gasteiger partial charge on any atom is -0.478 e. The topological polar surface area (TPSA) is 63.6 Å². The number of carboxylic acid groups (broad SMARTS) is 1. The monoisotopic (exact) mass is 224 g/mol. The van der Waals surface area contributed by atoms with Crippen molar-refractivity contribution in [2.24, 2.45) is 0 Å². The van der Waals surface area contributed by atoms with Gasteiger partial charge in [0.2, 0.25) is 0 Å². The number of carbonyl (C=O) groups is 2. The van der Waals surface area contributed by atoms with Crippen molar-refractivity contribution >= 4 is 18.0 Å². The summed E-state index contributed by atoms with van der Waals surface area (Å²) in [6.07, 6.45) is 2.47. The molecule has 0 aliphatic carbocycles. The number of halogens is 1. The molecule has 0 aliphatic heterocycles. The minimum absolute atomic E-state index is 0.407. The molecular formula is C11H9FO4. The Labute approximate surface area is 91.0 Å². The summed E-state index contributed by atoms with van der Waals surface area (Å²) in [5.41, 5.74) is -0.0313. The molecule has 0 bridgehead atoms. The molecule has 1 rings (SSSR count). The molecule has 0 aromatic heterocycles. The molecule has 0 heterocycles. The van der Waals surface area contributed by atoms with E-state index < -0.39 is 23.3 Å². The predicted molar refractivity (Wildman–Crippen MR) is 54.4 cm³/mol. The molecule has 0 saturated heterocycles. The molecule has 0 radical (unpaired) electrons. The van der Waals surface area contributed by atoms with Crippen molar-refractivity contribution in [3.05, 3.63) is 41.2 Å². The van der Waals surface area contributed by atoms with Gasteiger partial charge >= 0.3 is 11.9 Å². The van der Waals surface area contributed by atoms with Gasteiger partial charge in [0.1, 0.15) is 5.82 Å². The van der Waals surface area contributed by atoms with Crippen molar-refractivity contribution in [2.75, 3.05) is 7.11 Å². The van der Waals surface area contributed by atoms with Crippen LogP contribution in [-0.2, 0) is 9.53 Å². The molecule has 1 aromatic carbocycles. The van der Waals surface area contributed by atoms with E-state index in [9.17, 15) is 14.0 Å². The number of aromatic carboxylic acids is 1. The van der Waals surface area contributed by atoms with Gasteiger partial charge < -0.3 is 9.84 Å². The third-order valence-corrected chi connectivity index (χ3v) is 1.83. The fourth-order valence-electron chi connectivity index (χ4n) is 1.04. The van der Waals surface area contributed by atoms with Crippen LogP contribution in [0.25, 0.3) is 6.08 Å². The Bertz CT molecular complexity index is 451. The largest absolute Gasteiger partial charge is 0.478 e. The lowest BCUT2D eigenvalue weighted by Crippen LogP contribution is -2.00. The first-order valence-corrected chi connectivity index (χ1v) is 4.33. The molecule has 1 aromatic rings. The molecule has 0 saturated carbocycles. The van der Waals surface area contributed by atoms with Crippen LogP contribution >= 0.6 is 0 Å². The number of esters is 1. The van der Waals surface area contributed by atoms with Crippen molar-refractivity contribution in [3.8, 4) is 0 Å². The van der Waals surface area contributed by atoms with Gasteiger partial charge in [-0.1, -0.05) is 6.07 Å². The average Bonchev–Trinajstić information content (AvgIpc) is 2.27. The molecule has 1 N–H and O–H groups in total. The number of hydrogen-bond acceptors (Lipinski definition) is 3. The third kappa shape index (κ3) is 2.91. The lowest BCUT2D eigenvalue weighted by atomic mass is 10.1. The Hall–Kier alpha value is -2.17. The van der Waals surface area contributed by atoms with E-state index in [2.05, 4.69) is 4.74 Å². The van der Waals surface area contributed by atoms with Gasteiger partial charge in [0, 0.05) is 6.08 Å². The fourth-order valence-corrected chi connectivity index (χ4v) is 1.04. The van der Waals surface area contributed by atoms with Crippen molar-refractivity contribution < 1.29 is 23.8 Å². The van der Waals surface area contributed by atoms with Crippen LogP contribution < -0.4 is 0 Å². The minimum atomic E-state index is -1.36. The maximum Gasteiger partial charge on any atom is 0.338 e. The quantitative estimate of drug-likeness (QED) is 0.627. The number of rotatable bonds is 3. The molecule has 0 amide bonds. The maximum absolute atomic E-state index is 13.0. The van der Waals surface area contributed by atoms with Crippen molar-refractivity contribution in [1.29, 1.82) is 0 Å². The Morgan fingerprint density at radius 2 is 2.12 bits per heavy atom. The standard InChI is InChI=1S/C11H9FO4/c1-16-10(13)5-3-7-2-4-9(12)8(6-7)11(14)15/h2-6H,1H3,(H,14,15). The highest BCUT2D eigenvalue weighted by Crippen LogP contribution is 2.12. The average molecular weight is 224 g/mol. The first-order valence-electron chi connectivity index (χ1n) is 4.33. The summed E-state index contributed by atoms with van der Waals surface area (Å²) in [6, 6.07) is 3.53. The second-order valence-corrected chi connectivity index (χ2v) is 2.90. The second-order valence-electron chi connectivity index (χ2n) is 2.90. The Morgan fingerprint density at radius 3 is 2.69 bits per heavy atom. The van der Waals surface area contributed by atoms with Crippen LogP contribution in [0.3, 0.4) is 0 Å². The number of benzene rings is 1. The van der Waals surface area contributed by atoms with E-state index in [0.717, 1.165) is 18.2 Å². The molecule has 4 nitrogen and oxygen atoms in total. The molecule has 0 atom stereocenters. The normalized spacial score (nSPS) is 10.4. The summed E-state index contributed by atoms with van der Waals surface area (Å²) >= 11 is 0. The smallest absolute Gasteiger partial charge is 0.338 e. The Morgan fingerprint density at radius 1 is 1.44 bits per heavy atom. The summed E-state index contributed by atoms with van der Waals surface area (Å²) in [6.45, 7) is 0. The lowest BCUT2D eigenvalue weighted by molar-refractivity contribution is -0.134. The highest BCUT2D eigenvalue weighted by Gasteiger charge is 2.09. The number of carbonyl (C=O) groups excluding carboxylic acids is 1. The van der Waals surface area contributed by atoms with Gasteiger partial charge in [-0.15, -0.1) is 0 Å². The van der Waals surface area contributed by atoms with E-state index in [0.29, 0.717) is 5.56 Å². The van der Waals surface area contributed by atoms with Gasteiger partial charge in [-0.2, -0.15) is 0 Å². The van der Waals surface area contributed by atoms with Crippen molar-refractivity contribution in [3.63, 3.8) is 0 Å². The molecule has 0 aliphatic rings. The first kappa shape index (κ1) is 11.9. The van der Waals surface area contributed by atoms with Gasteiger partial charge in [-0.05, 0) is 23.8 Å². The summed E-state index contributed by atoms with van der Waals surface area (Å²) in [7, 11) is 1.22. The second kappa shape index (κ2) is 5.06. The lowest BCUT2D eigenvalue weighted by Gasteiger charge is -1.99. The first-order chi connectivity index (χ1) is 7.54. The SMILES string of the molecule is COC(=O)C=Cc1ccc(F)c(C(=O)O)c1. The van der Waals surface area contributed by atoms with Crippen LogP contribution in [0, 0.1) is 5.82 Å². The number of hydrogen-bond donors (Lipinski definition) is 1. The summed E-state index contributed by atoms with van der Waals surface area (Å²) in [5, 5.41) is 8.66.